The Morgan fingerprint density at radius 3 is 3.00 bits per heavy atom. The van der Waals surface area contributed by atoms with E-state index in [0.29, 0.717) is 30.3 Å². The normalized spacial score (nSPS) is 19.0. The summed E-state index contributed by atoms with van der Waals surface area (Å²) in [6.45, 7) is 4.10. The number of rotatable bonds is 4. The molecule has 0 amide bonds. The van der Waals surface area contributed by atoms with Crippen LogP contribution >= 0.6 is 0 Å². The molecule has 3 heterocycles. The number of aromatic nitrogens is 2. The van der Waals surface area contributed by atoms with Crippen LogP contribution in [0, 0.1) is 0 Å². The van der Waals surface area contributed by atoms with Crippen molar-refractivity contribution in [2.45, 2.75) is 12.5 Å². The number of fused-ring (bicyclic) bond motifs is 3. The molecule has 1 atom stereocenters. The summed E-state index contributed by atoms with van der Waals surface area (Å²) < 4.78 is 4.74. The first kappa shape index (κ1) is 17.5. The van der Waals surface area contributed by atoms with Crippen LogP contribution in [0.2, 0.25) is 0 Å². The minimum absolute atomic E-state index is 0.174. The zero-order valence-corrected chi connectivity index (χ0v) is 15.3. The van der Waals surface area contributed by atoms with Gasteiger partial charge < -0.3 is 20.1 Å². The van der Waals surface area contributed by atoms with Crippen LogP contribution in [0.5, 0.6) is 5.75 Å². The SMILES string of the molecule is COC(=O)CCN1CCN2c3cc(-c4ccccc4O)nnc3NC[C@H]2C1. The number of carbonyl (C=O) groups excluding carboxylic acids is 1. The fourth-order valence-corrected chi connectivity index (χ4v) is 3.73. The number of esters is 1. The smallest absolute Gasteiger partial charge is 0.306 e. The van der Waals surface area contributed by atoms with E-state index in [-0.39, 0.29) is 11.7 Å². The quantitative estimate of drug-likeness (QED) is 0.780. The standard InChI is InChI=1S/C19H23N5O3/c1-27-18(26)6-7-23-8-9-24-13(12-23)11-20-19-16(24)10-15(21-22-19)14-4-2-3-5-17(14)25/h2-5,10,13,25H,6-9,11-12H2,1H3,(H,20,22)/t13-/m0/s1. The maximum atomic E-state index is 11.4. The van der Waals surface area contributed by atoms with Gasteiger partial charge in [-0.3, -0.25) is 9.69 Å². The van der Waals surface area contributed by atoms with Gasteiger partial charge in [-0.15, -0.1) is 10.2 Å². The molecule has 0 bridgehead atoms. The van der Waals surface area contributed by atoms with E-state index in [1.807, 2.05) is 18.2 Å². The topological polar surface area (TPSA) is 90.8 Å². The first-order valence-electron chi connectivity index (χ1n) is 9.11. The lowest BCUT2D eigenvalue weighted by Gasteiger charge is -2.45. The number of para-hydroxylation sites is 1. The summed E-state index contributed by atoms with van der Waals surface area (Å²) in [7, 11) is 1.42. The van der Waals surface area contributed by atoms with Crippen LogP contribution in [0.3, 0.4) is 0 Å². The molecule has 0 radical (unpaired) electrons. The highest BCUT2D eigenvalue weighted by Gasteiger charge is 2.33. The van der Waals surface area contributed by atoms with Crippen LogP contribution in [-0.2, 0) is 9.53 Å². The molecule has 0 aliphatic carbocycles. The average molecular weight is 369 g/mol. The van der Waals surface area contributed by atoms with Crippen LogP contribution in [-0.4, -0.2) is 72.0 Å². The molecule has 4 rings (SSSR count). The van der Waals surface area contributed by atoms with E-state index in [0.717, 1.165) is 37.7 Å². The number of phenolic OH excluding ortho intramolecular Hbond substituents is 1. The summed E-state index contributed by atoms with van der Waals surface area (Å²) >= 11 is 0. The number of carbonyl (C=O) groups is 1. The van der Waals surface area contributed by atoms with Crippen LogP contribution in [0.1, 0.15) is 6.42 Å². The molecule has 142 valence electrons. The van der Waals surface area contributed by atoms with Crippen LogP contribution in [0.25, 0.3) is 11.3 Å². The number of methoxy groups -OCH3 is 1. The monoisotopic (exact) mass is 369 g/mol. The van der Waals surface area contributed by atoms with E-state index >= 15 is 0 Å². The minimum atomic E-state index is -0.174. The molecule has 0 saturated carbocycles. The Balaban J connectivity index is 1.53. The van der Waals surface area contributed by atoms with Crippen molar-refractivity contribution in [2.24, 2.45) is 0 Å². The van der Waals surface area contributed by atoms with E-state index < -0.39 is 0 Å². The molecule has 8 nitrogen and oxygen atoms in total. The Labute approximate surface area is 157 Å². The zero-order valence-electron chi connectivity index (χ0n) is 15.3. The second kappa shape index (κ2) is 7.40. The van der Waals surface area contributed by atoms with Gasteiger partial charge in [0.2, 0.25) is 0 Å². The molecule has 1 aromatic heterocycles. The third-order valence-electron chi connectivity index (χ3n) is 5.20. The van der Waals surface area contributed by atoms with Gasteiger partial charge in [0.1, 0.15) is 5.75 Å². The molecule has 2 N–H and O–H groups in total. The molecule has 8 heteroatoms. The van der Waals surface area contributed by atoms with Crippen molar-refractivity contribution < 1.29 is 14.6 Å². The summed E-state index contributed by atoms with van der Waals surface area (Å²) in [6.07, 6.45) is 0.413. The van der Waals surface area contributed by atoms with Crippen LogP contribution in [0.15, 0.2) is 30.3 Å². The molecule has 2 aliphatic rings. The number of hydrogen-bond donors (Lipinski definition) is 2. The van der Waals surface area contributed by atoms with Gasteiger partial charge in [-0.25, -0.2) is 0 Å². The Morgan fingerprint density at radius 2 is 2.19 bits per heavy atom. The van der Waals surface area contributed by atoms with Gasteiger partial charge in [-0.2, -0.15) is 0 Å². The third kappa shape index (κ3) is 3.52. The van der Waals surface area contributed by atoms with Crippen molar-refractivity contribution in [3.63, 3.8) is 0 Å². The summed E-state index contributed by atoms with van der Waals surface area (Å²) in [5, 5.41) is 22.1. The Morgan fingerprint density at radius 1 is 1.33 bits per heavy atom. The van der Waals surface area contributed by atoms with Gasteiger partial charge in [0.25, 0.3) is 0 Å². The van der Waals surface area contributed by atoms with E-state index in [1.54, 1.807) is 12.1 Å². The second-order valence-electron chi connectivity index (χ2n) is 6.84. The number of phenols is 1. The number of hydrogen-bond acceptors (Lipinski definition) is 8. The van der Waals surface area contributed by atoms with Gasteiger partial charge in [0.15, 0.2) is 5.82 Å². The Bertz CT molecular complexity index is 844. The lowest BCUT2D eigenvalue weighted by atomic mass is 10.1. The first-order chi connectivity index (χ1) is 13.2. The van der Waals surface area contributed by atoms with Crippen molar-refractivity contribution >= 4 is 17.5 Å². The number of ether oxygens (including phenoxy) is 1. The van der Waals surface area contributed by atoms with Crippen molar-refractivity contribution in [3.05, 3.63) is 30.3 Å². The van der Waals surface area contributed by atoms with E-state index in [4.69, 9.17) is 4.74 Å². The number of aromatic hydroxyl groups is 1. The predicted octanol–water partition coefficient (Wildman–Crippen LogP) is 1.33. The average Bonchev–Trinajstić information content (AvgIpc) is 2.71. The molecule has 1 aromatic carbocycles. The highest BCUT2D eigenvalue weighted by Crippen LogP contribution is 2.35. The molecule has 0 spiro atoms. The molecular weight excluding hydrogens is 346 g/mol. The number of nitrogens with zero attached hydrogens (tertiary/aromatic N) is 4. The second-order valence-corrected chi connectivity index (χ2v) is 6.84. The zero-order chi connectivity index (χ0) is 18.8. The third-order valence-corrected chi connectivity index (χ3v) is 5.20. The summed E-state index contributed by atoms with van der Waals surface area (Å²) in [5.41, 5.74) is 2.33. The fraction of sp³-hybridized carbons (Fsp3) is 0.421. The van der Waals surface area contributed by atoms with Crippen molar-refractivity contribution in [1.29, 1.82) is 0 Å². The molecule has 2 aliphatic heterocycles. The van der Waals surface area contributed by atoms with Gasteiger partial charge >= 0.3 is 5.97 Å². The van der Waals surface area contributed by atoms with Crippen molar-refractivity contribution in [2.75, 3.05) is 50.1 Å². The lowest BCUT2D eigenvalue weighted by Crippen LogP contribution is -2.58. The molecule has 27 heavy (non-hydrogen) atoms. The highest BCUT2D eigenvalue weighted by atomic mass is 16.5. The summed E-state index contributed by atoms with van der Waals surface area (Å²) in [4.78, 5) is 16.0. The lowest BCUT2D eigenvalue weighted by molar-refractivity contribution is -0.141. The molecule has 2 aromatic rings. The van der Waals surface area contributed by atoms with Crippen LogP contribution in [0.4, 0.5) is 11.5 Å². The van der Waals surface area contributed by atoms with Gasteiger partial charge in [-0.05, 0) is 18.2 Å². The maximum Gasteiger partial charge on any atom is 0.306 e. The van der Waals surface area contributed by atoms with E-state index in [1.165, 1.54) is 7.11 Å². The minimum Gasteiger partial charge on any atom is -0.507 e. The van der Waals surface area contributed by atoms with E-state index in [2.05, 4.69) is 25.3 Å². The number of piperazine rings is 1. The number of anilines is 2. The van der Waals surface area contributed by atoms with E-state index in [9.17, 15) is 9.90 Å². The van der Waals surface area contributed by atoms with Gasteiger partial charge in [-0.1, -0.05) is 12.1 Å². The maximum absolute atomic E-state index is 11.4. The van der Waals surface area contributed by atoms with Crippen molar-refractivity contribution in [3.8, 4) is 17.0 Å². The van der Waals surface area contributed by atoms with Gasteiger partial charge in [0.05, 0.1) is 31.0 Å². The largest absolute Gasteiger partial charge is 0.507 e. The molecule has 1 fully saturated rings. The number of benzene rings is 1. The Kier molecular flexibility index (Phi) is 4.81. The molecule has 1 saturated heterocycles. The summed E-state index contributed by atoms with van der Waals surface area (Å²) in [6, 6.07) is 9.43. The highest BCUT2D eigenvalue weighted by molar-refractivity contribution is 5.76. The molecule has 0 unspecified atom stereocenters. The Hall–Kier alpha value is -2.87. The van der Waals surface area contributed by atoms with Crippen molar-refractivity contribution in [1.82, 2.24) is 15.1 Å². The molecular formula is C19H23N5O3. The predicted molar refractivity (Wildman–Crippen MR) is 102 cm³/mol. The fourth-order valence-electron chi connectivity index (χ4n) is 3.73. The van der Waals surface area contributed by atoms with Crippen LogP contribution < -0.4 is 10.2 Å². The first-order valence-corrected chi connectivity index (χ1v) is 9.11. The number of nitrogens with one attached hydrogen (secondary N) is 1. The van der Waals surface area contributed by atoms with Gasteiger partial charge in [0, 0.05) is 38.3 Å². The summed E-state index contributed by atoms with van der Waals surface area (Å²) in [5.74, 6) is 0.792.